The predicted molar refractivity (Wildman–Crippen MR) is 80.9 cm³/mol. The summed E-state index contributed by atoms with van der Waals surface area (Å²) in [6.45, 7) is 5.93. The van der Waals surface area contributed by atoms with Crippen molar-refractivity contribution in [2.24, 2.45) is 0 Å². The van der Waals surface area contributed by atoms with Crippen LogP contribution in [-0.2, 0) is 11.3 Å². The van der Waals surface area contributed by atoms with E-state index in [0.29, 0.717) is 12.1 Å². The molecule has 20 heavy (non-hydrogen) atoms. The molecule has 112 valence electrons. The quantitative estimate of drug-likeness (QED) is 0.921. The topological polar surface area (TPSA) is 52.0 Å². The van der Waals surface area contributed by atoms with Crippen molar-refractivity contribution in [1.82, 2.24) is 20.3 Å². The van der Waals surface area contributed by atoms with Crippen LogP contribution in [0.2, 0.25) is 0 Å². The number of nitrogens with zero attached hydrogens (tertiary/aromatic N) is 3. The molecule has 0 radical (unpaired) electrons. The highest BCUT2D eigenvalue weighted by atomic mass is 32.2. The number of nitrogens with one attached hydrogen (secondary N) is 1. The second-order valence-electron chi connectivity index (χ2n) is 6.21. The second-order valence-corrected chi connectivity index (χ2v) is 7.31. The first-order valence-electron chi connectivity index (χ1n) is 7.53. The number of hydrogen-bond donors (Lipinski definition) is 1. The molecule has 1 aromatic heterocycles. The van der Waals surface area contributed by atoms with Crippen molar-refractivity contribution in [3.8, 4) is 0 Å². The van der Waals surface area contributed by atoms with Crippen LogP contribution in [0.5, 0.6) is 0 Å². The highest BCUT2D eigenvalue weighted by molar-refractivity contribution is 7.99. The normalized spacial score (nSPS) is 30.4. The zero-order valence-corrected chi connectivity index (χ0v) is 13.2. The van der Waals surface area contributed by atoms with E-state index >= 15 is 0 Å². The van der Waals surface area contributed by atoms with E-state index in [2.05, 4.69) is 40.4 Å². The van der Waals surface area contributed by atoms with E-state index in [0.717, 1.165) is 37.4 Å². The van der Waals surface area contributed by atoms with Gasteiger partial charge in [-0.2, -0.15) is 11.8 Å². The second kappa shape index (κ2) is 6.03. The molecule has 1 aromatic rings. The SMILES string of the molecule is CC(C)NCc1cn(C2CCOC3(CCSC3)C2)nn1. The molecule has 0 aromatic carbocycles. The van der Waals surface area contributed by atoms with Gasteiger partial charge in [0.1, 0.15) is 0 Å². The van der Waals surface area contributed by atoms with Gasteiger partial charge in [0.2, 0.25) is 0 Å². The fourth-order valence-electron chi connectivity index (χ4n) is 2.97. The van der Waals surface area contributed by atoms with Crippen LogP contribution in [0.15, 0.2) is 6.20 Å². The van der Waals surface area contributed by atoms with Gasteiger partial charge in [-0.25, -0.2) is 4.68 Å². The molecular formula is C14H24N4OS. The number of thioether (sulfide) groups is 1. The summed E-state index contributed by atoms with van der Waals surface area (Å²) in [4.78, 5) is 0. The van der Waals surface area contributed by atoms with Gasteiger partial charge in [0.05, 0.1) is 23.5 Å². The molecule has 6 heteroatoms. The van der Waals surface area contributed by atoms with Crippen LogP contribution in [0.25, 0.3) is 0 Å². The number of hydrogen-bond acceptors (Lipinski definition) is 5. The third-order valence-electron chi connectivity index (χ3n) is 4.16. The molecule has 0 aliphatic carbocycles. The molecule has 0 amide bonds. The maximum atomic E-state index is 6.07. The van der Waals surface area contributed by atoms with E-state index in [-0.39, 0.29) is 5.60 Å². The van der Waals surface area contributed by atoms with Gasteiger partial charge in [0, 0.05) is 24.9 Å². The maximum absolute atomic E-state index is 6.07. The average molecular weight is 296 g/mol. The summed E-state index contributed by atoms with van der Waals surface area (Å²) in [6, 6.07) is 0.921. The molecule has 1 N–H and O–H groups in total. The van der Waals surface area contributed by atoms with Crippen LogP contribution in [0, 0.1) is 0 Å². The molecule has 2 aliphatic heterocycles. The third-order valence-corrected chi connectivity index (χ3v) is 5.38. The van der Waals surface area contributed by atoms with E-state index in [1.54, 1.807) is 0 Å². The molecule has 0 bridgehead atoms. The van der Waals surface area contributed by atoms with Gasteiger partial charge in [0.15, 0.2) is 0 Å². The predicted octanol–water partition coefficient (Wildman–Crippen LogP) is 2.00. The molecule has 2 atom stereocenters. The lowest BCUT2D eigenvalue weighted by molar-refractivity contribution is -0.0780. The first kappa shape index (κ1) is 14.4. The lowest BCUT2D eigenvalue weighted by atomic mass is 9.90. The van der Waals surface area contributed by atoms with E-state index in [1.165, 1.54) is 12.2 Å². The highest BCUT2D eigenvalue weighted by Crippen LogP contribution is 2.41. The standard InChI is InChI=1S/C14H24N4OS/c1-11(2)15-8-12-9-18(17-16-12)13-3-5-19-14(7-13)4-6-20-10-14/h9,11,13,15H,3-8,10H2,1-2H3. The Kier molecular flexibility index (Phi) is 4.33. The minimum atomic E-state index is 0.107. The Morgan fingerprint density at radius 1 is 1.60 bits per heavy atom. The number of aromatic nitrogens is 3. The van der Waals surface area contributed by atoms with Crippen molar-refractivity contribution in [3.63, 3.8) is 0 Å². The highest BCUT2D eigenvalue weighted by Gasteiger charge is 2.41. The fraction of sp³-hybridized carbons (Fsp3) is 0.857. The molecule has 1 spiro atoms. The van der Waals surface area contributed by atoms with E-state index in [1.807, 2.05) is 11.8 Å². The van der Waals surface area contributed by atoms with Crippen LogP contribution < -0.4 is 5.32 Å². The number of rotatable bonds is 4. The lowest BCUT2D eigenvalue weighted by Crippen LogP contribution is -2.40. The molecule has 2 fully saturated rings. The van der Waals surface area contributed by atoms with Crippen molar-refractivity contribution in [2.45, 2.75) is 57.3 Å². The molecule has 2 unspecified atom stereocenters. The largest absolute Gasteiger partial charge is 0.374 e. The Balaban J connectivity index is 1.63. The third kappa shape index (κ3) is 3.18. The molecule has 0 saturated carbocycles. The van der Waals surface area contributed by atoms with Gasteiger partial charge in [-0.05, 0) is 25.0 Å². The molecule has 2 aliphatic rings. The van der Waals surface area contributed by atoms with Gasteiger partial charge in [0.25, 0.3) is 0 Å². The summed E-state index contributed by atoms with van der Waals surface area (Å²) in [7, 11) is 0. The smallest absolute Gasteiger partial charge is 0.0965 e. The Labute approximate surface area is 124 Å². The Morgan fingerprint density at radius 3 is 3.25 bits per heavy atom. The maximum Gasteiger partial charge on any atom is 0.0965 e. The summed E-state index contributed by atoms with van der Waals surface area (Å²) >= 11 is 2.01. The lowest BCUT2D eigenvalue weighted by Gasteiger charge is -2.37. The molecule has 2 saturated heterocycles. The molecule has 3 rings (SSSR count). The van der Waals surface area contributed by atoms with Gasteiger partial charge >= 0.3 is 0 Å². The summed E-state index contributed by atoms with van der Waals surface area (Å²) in [6.07, 6.45) is 5.42. The molecular weight excluding hydrogens is 272 g/mol. The van der Waals surface area contributed by atoms with E-state index < -0.39 is 0 Å². The minimum Gasteiger partial charge on any atom is -0.374 e. The summed E-state index contributed by atoms with van der Waals surface area (Å²) in [5.41, 5.74) is 1.13. The Morgan fingerprint density at radius 2 is 2.50 bits per heavy atom. The summed E-state index contributed by atoms with van der Waals surface area (Å²) in [5, 5.41) is 12.0. The first-order valence-corrected chi connectivity index (χ1v) is 8.68. The van der Waals surface area contributed by atoms with Gasteiger partial charge in [-0.15, -0.1) is 5.10 Å². The Hall–Kier alpha value is -0.590. The zero-order chi connectivity index (χ0) is 14.0. The van der Waals surface area contributed by atoms with Gasteiger partial charge < -0.3 is 10.1 Å². The molecule has 5 nitrogen and oxygen atoms in total. The van der Waals surface area contributed by atoms with Crippen LogP contribution in [0.1, 0.15) is 44.8 Å². The van der Waals surface area contributed by atoms with Crippen molar-refractivity contribution in [3.05, 3.63) is 11.9 Å². The van der Waals surface area contributed by atoms with E-state index in [4.69, 9.17) is 4.74 Å². The minimum absolute atomic E-state index is 0.107. The average Bonchev–Trinajstić information content (AvgIpc) is 3.06. The van der Waals surface area contributed by atoms with Crippen LogP contribution in [0.4, 0.5) is 0 Å². The van der Waals surface area contributed by atoms with Gasteiger partial charge in [-0.3, -0.25) is 0 Å². The zero-order valence-electron chi connectivity index (χ0n) is 12.3. The van der Waals surface area contributed by atoms with Crippen LogP contribution >= 0.6 is 11.8 Å². The summed E-state index contributed by atoms with van der Waals surface area (Å²) in [5.74, 6) is 2.37. The molecule has 3 heterocycles. The summed E-state index contributed by atoms with van der Waals surface area (Å²) < 4.78 is 8.13. The van der Waals surface area contributed by atoms with Crippen LogP contribution in [-0.4, -0.2) is 44.7 Å². The number of ether oxygens (including phenoxy) is 1. The van der Waals surface area contributed by atoms with Crippen molar-refractivity contribution in [1.29, 1.82) is 0 Å². The van der Waals surface area contributed by atoms with Crippen LogP contribution in [0.3, 0.4) is 0 Å². The van der Waals surface area contributed by atoms with E-state index in [9.17, 15) is 0 Å². The van der Waals surface area contributed by atoms with Crippen molar-refractivity contribution >= 4 is 11.8 Å². The van der Waals surface area contributed by atoms with Crippen molar-refractivity contribution < 1.29 is 4.74 Å². The fourth-order valence-corrected chi connectivity index (χ4v) is 4.35. The van der Waals surface area contributed by atoms with Gasteiger partial charge in [-0.1, -0.05) is 19.1 Å². The van der Waals surface area contributed by atoms with Crippen molar-refractivity contribution in [2.75, 3.05) is 18.1 Å². The monoisotopic (exact) mass is 296 g/mol. The first-order chi connectivity index (χ1) is 9.67. The Bertz CT molecular complexity index is 442.